The average Bonchev–Trinajstić information content (AvgIpc) is 2.23. The molecule has 0 aromatic heterocycles. The normalized spacial score (nSPS) is 11.0. The fourth-order valence-electron chi connectivity index (χ4n) is 8.64. The molecule has 0 bridgehead atoms. The SMILES string of the molecule is C(#Cc1c([Se]c2ccccc2)c([Se]c2ccccc2)c([Se]c2ccccc2)c([Se]c2ccccc2)c1[Se]c1ccccc1)c1c([Se]c2ccccc2)c([Se]c2ccccc2)c([Se]c2ccccc2)c([Se]c2ccccc2)c1[Se]c1ccccc1. The van der Waals surface area contributed by atoms with Gasteiger partial charge in [-0.1, -0.05) is 0 Å². The van der Waals surface area contributed by atoms with Gasteiger partial charge >= 0.3 is 565 Å². The van der Waals surface area contributed by atoms with E-state index in [1.165, 1.54) is 91.4 Å². The molecule has 0 N–H and O–H groups in total. The number of benzene rings is 12. The van der Waals surface area contributed by atoms with E-state index in [4.69, 9.17) is 0 Å². The maximum absolute atomic E-state index is 4.43. The minimum absolute atomic E-state index is 0.00368. The Morgan fingerprint density at radius 3 is 0.369 bits per heavy atom. The molecule has 0 unspecified atom stereocenters. The third-order valence-electron chi connectivity index (χ3n) is 12.5. The molecule has 84 heavy (non-hydrogen) atoms. The maximum atomic E-state index is 4.43. The molecule has 0 aliphatic heterocycles. The first-order valence-corrected chi connectivity index (χ1v) is 44.1. The van der Waals surface area contributed by atoms with Crippen LogP contribution in [0, 0.1) is 11.8 Å². The van der Waals surface area contributed by atoms with Gasteiger partial charge in [-0.3, -0.25) is 0 Å². The van der Waals surface area contributed by atoms with Crippen molar-refractivity contribution in [2.45, 2.75) is 0 Å². The molecule has 406 valence electrons. The first-order valence-electron chi connectivity index (χ1n) is 26.9. The van der Waals surface area contributed by atoms with Crippen LogP contribution in [0.3, 0.4) is 0 Å². The third-order valence-corrected chi connectivity index (χ3v) is 41.2. The van der Waals surface area contributed by atoms with Crippen LogP contribution >= 0.6 is 0 Å². The zero-order valence-electron chi connectivity index (χ0n) is 44.9. The quantitative estimate of drug-likeness (QED) is 0.0724. The van der Waals surface area contributed by atoms with Gasteiger partial charge in [-0.05, 0) is 0 Å². The van der Waals surface area contributed by atoms with Crippen LogP contribution in [-0.2, 0) is 0 Å². The van der Waals surface area contributed by atoms with E-state index >= 15 is 0 Å². The summed E-state index contributed by atoms with van der Waals surface area (Å²) in [6.07, 6.45) is 0. The molecular formula is C74H50Se10. The van der Waals surface area contributed by atoms with Crippen molar-refractivity contribution in [2.75, 3.05) is 0 Å². The summed E-state index contributed by atoms with van der Waals surface area (Å²) in [7, 11) is 0. The van der Waals surface area contributed by atoms with E-state index in [0.717, 1.165) is 0 Å². The van der Waals surface area contributed by atoms with Crippen molar-refractivity contribution < 1.29 is 0 Å². The van der Waals surface area contributed by atoms with Gasteiger partial charge in [-0.15, -0.1) is 0 Å². The zero-order valence-corrected chi connectivity index (χ0v) is 62.1. The average molecular weight is 1730 g/mol. The molecule has 0 nitrogen and oxygen atoms in total. The first-order chi connectivity index (χ1) is 41.6. The Bertz CT molecular complexity index is 3650. The van der Waals surface area contributed by atoms with Crippen LogP contribution in [0.1, 0.15) is 11.1 Å². The summed E-state index contributed by atoms with van der Waals surface area (Å²) in [6.45, 7) is 0. The topological polar surface area (TPSA) is 0 Å². The second-order valence-corrected chi connectivity index (χ2v) is 41.2. The third kappa shape index (κ3) is 15.9. The summed E-state index contributed by atoms with van der Waals surface area (Å²) in [4.78, 5) is 0. The van der Waals surface area contributed by atoms with Gasteiger partial charge in [0.05, 0.1) is 0 Å². The Morgan fingerprint density at radius 1 is 0.131 bits per heavy atom. The molecule has 0 saturated carbocycles. The van der Waals surface area contributed by atoms with Gasteiger partial charge in [-0.25, -0.2) is 0 Å². The molecule has 12 aromatic rings. The molecule has 0 heterocycles. The predicted octanol–water partition coefficient (Wildman–Crippen LogP) is -0.364. The molecule has 0 aliphatic carbocycles. The van der Waals surface area contributed by atoms with Crippen LogP contribution in [0.5, 0.6) is 0 Å². The van der Waals surface area contributed by atoms with Crippen molar-refractivity contribution >= 4 is 239 Å². The van der Waals surface area contributed by atoms with Crippen LogP contribution in [0.25, 0.3) is 0 Å². The van der Waals surface area contributed by atoms with Crippen molar-refractivity contribution in [2.24, 2.45) is 0 Å². The van der Waals surface area contributed by atoms with Crippen molar-refractivity contribution in [1.82, 2.24) is 0 Å². The van der Waals surface area contributed by atoms with E-state index in [1.807, 2.05) is 0 Å². The summed E-state index contributed by atoms with van der Waals surface area (Å²) in [5, 5.41) is 0. The van der Waals surface area contributed by atoms with Crippen LogP contribution in [0.4, 0.5) is 0 Å². The van der Waals surface area contributed by atoms with E-state index in [-0.39, 0.29) is 150 Å². The standard InChI is InChI=1S/C74H50Se10/c1-11-31-53(32-12-1)75-65-63(66(76-54-33-13-2-14-34-54)70(80-58-41-21-6-22-42-58)73(83-61-47-27-9-28-48-61)69(65)79-57-39-19-5-20-40-57)51-52-64-67(77-55-35-15-3-16-36-55)71(81-59-43-23-7-24-44-59)74(84-62-49-29-10-30-50-62)72(82-60-45-25-8-26-46-60)68(64)78-56-37-17-4-18-38-56/h1-50H. The molecule has 0 atom stereocenters. The van der Waals surface area contributed by atoms with Gasteiger partial charge in [0.2, 0.25) is 0 Å². The monoisotopic (exact) mass is 1740 g/mol. The second-order valence-electron chi connectivity index (χ2n) is 18.4. The Labute approximate surface area is 558 Å². The summed E-state index contributed by atoms with van der Waals surface area (Å²) < 4.78 is 29.1. The summed E-state index contributed by atoms with van der Waals surface area (Å²) >= 11 is -0.184. The Hall–Kier alpha value is -4.61. The molecule has 0 amide bonds. The molecule has 0 spiro atoms. The number of hydrogen-bond acceptors (Lipinski definition) is 0. The van der Waals surface area contributed by atoms with E-state index in [2.05, 4.69) is 315 Å². The zero-order chi connectivity index (χ0) is 56.5. The van der Waals surface area contributed by atoms with Gasteiger partial charge in [0.15, 0.2) is 0 Å². The van der Waals surface area contributed by atoms with Gasteiger partial charge in [-0.2, -0.15) is 0 Å². The van der Waals surface area contributed by atoms with Crippen molar-refractivity contribution in [1.29, 1.82) is 0 Å². The Morgan fingerprint density at radius 2 is 0.238 bits per heavy atom. The molecule has 0 radical (unpaired) electrons. The van der Waals surface area contributed by atoms with Gasteiger partial charge in [0.25, 0.3) is 0 Å². The summed E-state index contributed by atoms with van der Waals surface area (Å²) in [5.74, 6) is 8.87. The predicted molar refractivity (Wildman–Crippen MR) is 374 cm³/mol. The Kier molecular flexibility index (Phi) is 21.9. The van der Waals surface area contributed by atoms with E-state index in [0.29, 0.717) is 0 Å². The van der Waals surface area contributed by atoms with Crippen LogP contribution in [0.15, 0.2) is 303 Å². The fourth-order valence-corrected chi connectivity index (χ4v) is 38.3. The van der Waals surface area contributed by atoms with Gasteiger partial charge in [0.1, 0.15) is 0 Å². The molecular weight excluding hydrogens is 1680 g/mol. The molecule has 10 heteroatoms. The van der Waals surface area contributed by atoms with Crippen LogP contribution in [0.2, 0.25) is 0 Å². The number of rotatable bonds is 20. The second kappa shape index (κ2) is 30.8. The fraction of sp³-hybridized carbons (Fsp3) is 0. The van der Waals surface area contributed by atoms with Gasteiger partial charge in [0, 0.05) is 0 Å². The van der Waals surface area contributed by atoms with Crippen LogP contribution < -0.4 is 89.2 Å². The van der Waals surface area contributed by atoms with Gasteiger partial charge < -0.3 is 0 Å². The number of hydrogen-bond donors (Lipinski definition) is 0. The molecule has 0 saturated heterocycles. The molecule has 12 aromatic carbocycles. The van der Waals surface area contributed by atoms with Crippen molar-refractivity contribution in [3.8, 4) is 11.8 Å². The van der Waals surface area contributed by atoms with Crippen molar-refractivity contribution in [3.63, 3.8) is 0 Å². The molecule has 12 rings (SSSR count). The van der Waals surface area contributed by atoms with Crippen LogP contribution in [-0.4, -0.2) is 150 Å². The summed E-state index contributed by atoms with van der Waals surface area (Å²) in [6, 6.07) is 114. The molecule has 0 fully saturated rings. The van der Waals surface area contributed by atoms with E-state index < -0.39 is 0 Å². The summed E-state index contributed by atoms with van der Waals surface area (Å²) in [5.41, 5.74) is 2.55. The molecule has 0 aliphatic rings. The van der Waals surface area contributed by atoms with E-state index in [1.54, 1.807) is 8.92 Å². The Balaban J connectivity index is 1.24. The minimum atomic E-state index is -0.0582. The van der Waals surface area contributed by atoms with Crippen molar-refractivity contribution in [3.05, 3.63) is 314 Å². The van der Waals surface area contributed by atoms with E-state index in [9.17, 15) is 0 Å². The first kappa shape index (κ1) is 59.7.